The Hall–Kier alpha value is -2.37. The summed E-state index contributed by atoms with van der Waals surface area (Å²) >= 11 is 0. The predicted molar refractivity (Wildman–Crippen MR) is 95.7 cm³/mol. The first-order valence-corrected chi connectivity index (χ1v) is 9.42. The zero-order valence-electron chi connectivity index (χ0n) is 16.3. The first kappa shape index (κ1) is 22.3. The molecule has 1 saturated heterocycles. The summed E-state index contributed by atoms with van der Waals surface area (Å²) in [5.74, 6) is -0.805. The second-order valence-electron chi connectivity index (χ2n) is 7.59. The van der Waals surface area contributed by atoms with Crippen molar-refractivity contribution < 1.29 is 42.2 Å². The highest BCUT2D eigenvalue weighted by Crippen LogP contribution is 2.36. The van der Waals surface area contributed by atoms with E-state index in [1.807, 2.05) is 0 Å². The van der Waals surface area contributed by atoms with Crippen molar-refractivity contribution in [2.24, 2.45) is 5.41 Å². The van der Waals surface area contributed by atoms with Crippen molar-refractivity contribution in [3.63, 3.8) is 0 Å². The fraction of sp³-hybridized carbons (Fsp3) is 0.579. The van der Waals surface area contributed by atoms with Crippen LogP contribution in [-0.2, 0) is 20.8 Å². The number of benzene rings is 1. The Kier molecular flexibility index (Phi) is 6.53. The highest BCUT2D eigenvalue weighted by Gasteiger charge is 2.42. The maximum absolute atomic E-state index is 13.4. The third-order valence-corrected chi connectivity index (χ3v) is 5.46. The summed E-state index contributed by atoms with van der Waals surface area (Å²) in [6, 6.07) is 3.35. The van der Waals surface area contributed by atoms with Gasteiger partial charge in [0.25, 0.3) is 5.91 Å². The average Bonchev–Trinajstić information content (AvgIpc) is 2.90. The summed E-state index contributed by atoms with van der Waals surface area (Å²) < 4.78 is 53.0. The van der Waals surface area contributed by atoms with E-state index in [0.29, 0.717) is 31.6 Å². The van der Waals surface area contributed by atoms with E-state index in [-0.39, 0.29) is 30.4 Å². The lowest BCUT2D eigenvalue weighted by molar-refractivity contribution is -0.328. The maximum atomic E-state index is 13.4. The Morgan fingerprint density at radius 2 is 2.03 bits per heavy atom. The van der Waals surface area contributed by atoms with E-state index in [9.17, 15) is 22.8 Å². The normalized spacial score (nSPS) is 21.2. The summed E-state index contributed by atoms with van der Waals surface area (Å²) in [4.78, 5) is 26.4. The van der Waals surface area contributed by atoms with E-state index >= 15 is 0 Å². The third-order valence-electron chi connectivity index (χ3n) is 5.46. The van der Waals surface area contributed by atoms with Crippen LogP contribution in [0.5, 0.6) is 5.75 Å². The molecule has 0 radical (unpaired) electrons. The quantitative estimate of drug-likeness (QED) is 0.560. The van der Waals surface area contributed by atoms with Crippen LogP contribution in [0.1, 0.15) is 35.7 Å². The van der Waals surface area contributed by atoms with Crippen molar-refractivity contribution in [2.45, 2.75) is 38.7 Å². The molecule has 0 unspecified atom stereocenters. The summed E-state index contributed by atoms with van der Waals surface area (Å²) in [5, 5.41) is 8.80. The van der Waals surface area contributed by atoms with Gasteiger partial charge in [0, 0.05) is 30.9 Å². The Bertz CT molecular complexity index is 795. The Morgan fingerprint density at radius 3 is 2.67 bits per heavy atom. The number of amides is 2. The van der Waals surface area contributed by atoms with Crippen molar-refractivity contribution in [3.05, 3.63) is 29.3 Å². The van der Waals surface area contributed by atoms with Crippen LogP contribution in [-0.4, -0.2) is 60.8 Å². The van der Waals surface area contributed by atoms with Crippen molar-refractivity contribution in [1.82, 2.24) is 10.4 Å². The minimum absolute atomic E-state index is 0.00246. The van der Waals surface area contributed by atoms with Crippen LogP contribution in [0, 0.1) is 5.41 Å². The first-order valence-electron chi connectivity index (χ1n) is 9.42. The third kappa shape index (κ3) is 5.02. The average molecular weight is 432 g/mol. The van der Waals surface area contributed by atoms with Crippen LogP contribution < -0.4 is 10.2 Å². The topological polar surface area (TPSA) is 97.3 Å². The number of hydrogen-bond donors (Lipinski definition) is 2. The van der Waals surface area contributed by atoms with E-state index in [0.717, 1.165) is 0 Å². The number of ether oxygens (including phenoxy) is 3. The number of fused-ring (bicyclic) bond motifs is 1. The number of halogens is 3. The molecule has 3 rings (SSSR count). The second kappa shape index (κ2) is 8.78. The predicted octanol–water partition coefficient (Wildman–Crippen LogP) is 2.25. The highest BCUT2D eigenvalue weighted by atomic mass is 19.4. The Morgan fingerprint density at radius 1 is 1.33 bits per heavy atom. The molecule has 0 bridgehead atoms. The molecule has 0 aliphatic carbocycles. The summed E-state index contributed by atoms with van der Waals surface area (Å²) in [7, 11) is 0. The van der Waals surface area contributed by atoms with Crippen molar-refractivity contribution >= 4 is 11.8 Å². The fourth-order valence-electron chi connectivity index (χ4n) is 3.56. The molecule has 1 fully saturated rings. The largest absolute Gasteiger partial charge is 0.522 e. The van der Waals surface area contributed by atoms with E-state index < -0.39 is 30.3 Å². The molecule has 0 saturated carbocycles. The SMILES string of the molecule is CC1(C(=O)N2Cc3ccc(C(=O)NO)cc3OC[C@@H]2COC(F)(F)F)CCOCC1. The van der Waals surface area contributed by atoms with Gasteiger partial charge in [-0.1, -0.05) is 13.0 Å². The van der Waals surface area contributed by atoms with Gasteiger partial charge in [-0.2, -0.15) is 0 Å². The molecule has 1 aromatic carbocycles. The van der Waals surface area contributed by atoms with Gasteiger partial charge in [0.15, 0.2) is 0 Å². The molecule has 8 nitrogen and oxygen atoms in total. The zero-order valence-corrected chi connectivity index (χ0v) is 16.3. The number of rotatable bonds is 4. The number of nitrogens with zero attached hydrogens (tertiary/aromatic N) is 1. The molecule has 11 heteroatoms. The van der Waals surface area contributed by atoms with Crippen molar-refractivity contribution in [1.29, 1.82) is 0 Å². The fourth-order valence-corrected chi connectivity index (χ4v) is 3.56. The molecule has 0 aromatic heterocycles. The summed E-state index contributed by atoms with van der Waals surface area (Å²) in [6.45, 7) is 1.54. The van der Waals surface area contributed by atoms with E-state index in [1.54, 1.807) is 13.0 Å². The summed E-state index contributed by atoms with van der Waals surface area (Å²) in [6.07, 6.45) is -3.93. The lowest BCUT2D eigenvalue weighted by Gasteiger charge is -2.39. The van der Waals surface area contributed by atoms with Gasteiger partial charge in [0.1, 0.15) is 12.4 Å². The molecular formula is C19H23F3N2O6. The maximum Gasteiger partial charge on any atom is 0.522 e. The minimum Gasteiger partial charge on any atom is -0.491 e. The van der Waals surface area contributed by atoms with E-state index in [1.165, 1.54) is 22.5 Å². The van der Waals surface area contributed by atoms with Gasteiger partial charge >= 0.3 is 6.36 Å². The molecule has 1 aromatic rings. The molecule has 2 aliphatic heterocycles. The number of carbonyl (C=O) groups excluding carboxylic acids is 2. The van der Waals surface area contributed by atoms with E-state index in [2.05, 4.69) is 4.74 Å². The minimum atomic E-state index is -4.84. The number of hydroxylamine groups is 1. The lowest BCUT2D eigenvalue weighted by atomic mass is 9.80. The van der Waals surface area contributed by atoms with Crippen LogP contribution in [0.15, 0.2) is 18.2 Å². The van der Waals surface area contributed by atoms with Crippen LogP contribution in [0.2, 0.25) is 0 Å². The molecule has 2 amide bonds. The van der Waals surface area contributed by atoms with Gasteiger partial charge in [-0.15, -0.1) is 13.2 Å². The molecule has 2 aliphatic rings. The van der Waals surface area contributed by atoms with Gasteiger partial charge in [-0.3, -0.25) is 19.5 Å². The van der Waals surface area contributed by atoms with Gasteiger partial charge < -0.3 is 14.4 Å². The molecule has 30 heavy (non-hydrogen) atoms. The standard InChI is InChI=1S/C19H23F3N2O6/c1-18(4-6-28-7-5-18)17(26)24-9-13-3-2-12(16(25)23-27)8-15(13)29-10-14(24)11-30-19(20,21)22/h2-3,8,14,27H,4-7,9-11H2,1H3,(H,23,25)/t14-/m1/s1. The van der Waals surface area contributed by atoms with Crippen LogP contribution in [0.3, 0.4) is 0 Å². The van der Waals surface area contributed by atoms with Crippen molar-refractivity contribution in [2.75, 3.05) is 26.4 Å². The van der Waals surface area contributed by atoms with Gasteiger partial charge in [-0.25, -0.2) is 5.48 Å². The highest BCUT2D eigenvalue weighted by molar-refractivity contribution is 5.93. The lowest BCUT2D eigenvalue weighted by Crippen LogP contribution is -2.52. The monoisotopic (exact) mass is 432 g/mol. The molecule has 0 spiro atoms. The molecule has 166 valence electrons. The smallest absolute Gasteiger partial charge is 0.491 e. The molecular weight excluding hydrogens is 409 g/mol. The number of hydrogen-bond acceptors (Lipinski definition) is 6. The number of nitrogens with one attached hydrogen (secondary N) is 1. The first-order chi connectivity index (χ1) is 14.1. The molecule has 1 atom stereocenters. The number of carbonyl (C=O) groups is 2. The Labute approximate surface area is 170 Å². The van der Waals surface area contributed by atoms with Gasteiger partial charge in [-0.05, 0) is 25.0 Å². The summed E-state index contributed by atoms with van der Waals surface area (Å²) in [5.41, 5.74) is 1.38. The van der Waals surface area contributed by atoms with E-state index in [4.69, 9.17) is 14.7 Å². The van der Waals surface area contributed by atoms with Gasteiger partial charge in [0.2, 0.25) is 5.91 Å². The molecule has 2 heterocycles. The Balaban J connectivity index is 1.90. The van der Waals surface area contributed by atoms with Crippen LogP contribution in [0.25, 0.3) is 0 Å². The zero-order chi connectivity index (χ0) is 21.9. The van der Waals surface area contributed by atoms with Crippen LogP contribution in [0.4, 0.5) is 13.2 Å². The van der Waals surface area contributed by atoms with Gasteiger partial charge in [0.05, 0.1) is 18.1 Å². The van der Waals surface area contributed by atoms with Crippen molar-refractivity contribution in [3.8, 4) is 5.75 Å². The number of alkyl halides is 3. The molecule has 2 N–H and O–H groups in total. The second-order valence-corrected chi connectivity index (χ2v) is 7.59. The van der Waals surface area contributed by atoms with Crippen LogP contribution >= 0.6 is 0 Å².